The minimum atomic E-state index is -0.384. The van der Waals surface area contributed by atoms with Gasteiger partial charge in [0.25, 0.3) is 11.5 Å². The molecule has 0 radical (unpaired) electrons. The van der Waals surface area contributed by atoms with Gasteiger partial charge in [-0.25, -0.2) is 0 Å². The molecule has 1 fully saturated rings. The highest BCUT2D eigenvalue weighted by Crippen LogP contribution is 2.35. The smallest absolute Gasteiger partial charge is 0.268 e. The van der Waals surface area contributed by atoms with E-state index in [0.717, 1.165) is 13.1 Å². The van der Waals surface area contributed by atoms with Crippen LogP contribution in [0, 0.1) is 5.41 Å². The van der Waals surface area contributed by atoms with Gasteiger partial charge >= 0.3 is 0 Å². The van der Waals surface area contributed by atoms with E-state index in [1.165, 1.54) is 10.6 Å². The first kappa shape index (κ1) is 20.8. The van der Waals surface area contributed by atoms with Gasteiger partial charge in [-0.05, 0) is 49.2 Å². The predicted molar refractivity (Wildman–Crippen MR) is 117 cm³/mol. The second-order valence-corrected chi connectivity index (χ2v) is 9.51. The maximum Gasteiger partial charge on any atom is 0.268 e. The number of carbonyl (C=O) groups excluding carboxylic acids is 2. The molecule has 7 heteroatoms. The molecular weight excluding hydrogens is 402 g/mol. The molecule has 2 aromatic rings. The summed E-state index contributed by atoms with van der Waals surface area (Å²) < 4.78 is 1.54. The van der Waals surface area contributed by atoms with Crippen LogP contribution in [-0.4, -0.2) is 59.3 Å². The lowest BCUT2D eigenvalue weighted by molar-refractivity contribution is 0.0662. The van der Waals surface area contributed by atoms with Gasteiger partial charge in [0, 0.05) is 54.6 Å². The normalized spacial score (nSPS) is 18.9. The van der Waals surface area contributed by atoms with Gasteiger partial charge < -0.3 is 9.80 Å². The number of likely N-dealkylation sites (N-methyl/N-ethyl adjacent to an activating group) is 1. The molecule has 0 spiro atoms. The number of carbonyl (C=O) groups is 2. The average molecular weight is 428 g/mol. The molecule has 2 heterocycles. The Bertz CT molecular complexity index is 1060. The Labute approximate surface area is 181 Å². The molecule has 0 bridgehead atoms. The Morgan fingerprint density at radius 1 is 1.00 bits per heavy atom. The van der Waals surface area contributed by atoms with Gasteiger partial charge in [-0.2, -0.15) is 0 Å². The summed E-state index contributed by atoms with van der Waals surface area (Å²) in [5.41, 5.74) is 1.17. The van der Waals surface area contributed by atoms with Gasteiger partial charge in [-0.3, -0.25) is 19.0 Å². The number of halogens is 1. The molecule has 1 aliphatic carbocycles. The number of Topliss-reactive ketones (excluding diaryl/α,β-unsaturated/α-hetero) is 1. The zero-order valence-electron chi connectivity index (χ0n) is 17.6. The third-order valence-electron chi connectivity index (χ3n) is 5.99. The topological polar surface area (TPSA) is 62.6 Å². The first-order valence-corrected chi connectivity index (χ1v) is 10.6. The molecule has 6 nitrogen and oxygen atoms in total. The number of rotatable bonds is 2. The molecule has 0 saturated carbocycles. The van der Waals surface area contributed by atoms with Crippen LogP contribution in [0.3, 0.4) is 0 Å². The summed E-state index contributed by atoms with van der Waals surface area (Å²) in [5.74, 6) is -0.340. The minimum Gasteiger partial charge on any atom is -0.336 e. The van der Waals surface area contributed by atoms with E-state index >= 15 is 0 Å². The Morgan fingerprint density at radius 3 is 2.27 bits per heavy atom. The van der Waals surface area contributed by atoms with Crippen LogP contribution in [0.1, 0.15) is 46.7 Å². The number of amides is 1. The summed E-state index contributed by atoms with van der Waals surface area (Å²) in [7, 11) is 2.01. The Balaban J connectivity index is 1.89. The lowest BCUT2D eigenvalue weighted by Crippen LogP contribution is -2.49. The average Bonchev–Trinajstić information content (AvgIpc) is 2.68. The standard InChI is InChI=1S/C23H26ClN3O3/c1-23(2)13-19-17(20(28)14-23)12-18(21(29)26-10-8-25(3)9-11-26)22(30)27(19)16-6-4-15(24)5-7-16/h4-7,12H,8-11,13-14H2,1-3H3. The highest BCUT2D eigenvalue weighted by molar-refractivity contribution is 6.30. The highest BCUT2D eigenvalue weighted by Gasteiger charge is 2.35. The van der Waals surface area contributed by atoms with Crippen LogP contribution < -0.4 is 5.56 Å². The minimum absolute atomic E-state index is 0.0311. The van der Waals surface area contributed by atoms with Gasteiger partial charge in [-0.1, -0.05) is 25.4 Å². The zero-order valence-corrected chi connectivity index (χ0v) is 18.3. The first-order chi connectivity index (χ1) is 14.2. The van der Waals surface area contributed by atoms with E-state index in [0.29, 0.717) is 47.9 Å². The first-order valence-electron chi connectivity index (χ1n) is 10.2. The van der Waals surface area contributed by atoms with E-state index in [2.05, 4.69) is 4.90 Å². The Morgan fingerprint density at radius 2 is 1.63 bits per heavy atom. The summed E-state index contributed by atoms with van der Waals surface area (Å²) in [6.45, 7) is 6.69. The molecule has 0 atom stereocenters. The van der Waals surface area contributed by atoms with Crippen molar-refractivity contribution in [2.75, 3.05) is 33.2 Å². The van der Waals surface area contributed by atoms with Gasteiger partial charge in [0.2, 0.25) is 0 Å². The van der Waals surface area contributed by atoms with Crippen LogP contribution in [0.2, 0.25) is 5.02 Å². The second-order valence-electron chi connectivity index (χ2n) is 9.07. The van der Waals surface area contributed by atoms with Gasteiger partial charge in [0.15, 0.2) is 5.78 Å². The van der Waals surface area contributed by atoms with Gasteiger partial charge in [0.1, 0.15) is 5.56 Å². The fraction of sp³-hybridized carbons (Fsp3) is 0.435. The number of nitrogens with zero attached hydrogens (tertiary/aromatic N) is 3. The summed E-state index contributed by atoms with van der Waals surface area (Å²) in [6, 6.07) is 8.45. The van der Waals surface area contributed by atoms with Crippen LogP contribution >= 0.6 is 11.6 Å². The predicted octanol–water partition coefficient (Wildman–Crippen LogP) is 3.03. The fourth-order valence-corrected chi connectivity index (χ4v) is 4.44. The summed E-state index contributed by atoms with van der Waals surface area (Å²) in [6.07, 6.45) is 0.968. The number of piperazine rings is 1. The quantitative estimate of drug-likeness (QED) is 0.739. The van der Waals surface area contributed by atoms with Crippen molar-refractivity contribution in [1.82, 2.24) is 14.4 Å². The maximum absolute atomic E-state index is 13.6. The van der Waals surface area contributed by atoms with Crippen molar-refractivity contribution in [1.29, 1.82) is 0 Å². The van der Waals surface area contributed by atoms with Crippen LogP contribution in [0.25, 0.3) is 5.69 Å². The van der Waals surface area contributed by atoms with Gasteiger partial charge in [0.05, 0.1) is 0 Å². The molecule has 1 saturated heterocycles. The zero-order chi connectivity index (χ0) is 21.6. The van der Waals surface area contributed by atoms with Crippen molar-refractivity contribution in [2.45, 2.75) is 26.7 Å². The van der Waals surface area contributed by atoms with E-state index in [4.69, 9.17) is 11.6 Å². The molecule has 4 rings (SSSR count). The highest BCUT2D eigenvalue weighted by atomic mass is 35.5. The Kier molecular flexibility index (Phi) is 5.32. The SMILES string of the molecule is CN1CCN(C(=O)c2cc3c(n(-c4ccc(Cl)cc4)c2=O)CC(C)(C)CC3=O)CC1. The van der Waals surface area contributed by atoms with Crippen LogP contribution in [0.4, 0.5) is 0 Å². The van der Waals surface area contributed by atoms with Crippen molar-refractivity contribution < 1.29 is 9.59 Å². The second kappa shape index (κ2) is 7.67. The molecule has 1 amide bonds. The van der Waals surface area contributed by atoms with E-state index in [9.17, 15) is 14.4 Å². The molecule has 30 heavy (non-hydrogen) atoms. The number of hydrogen-bond acceptors (Lipinski definition) is 4. The summed E-state index contributed by atoms with van der Waals surface area (Å²) in [4.78, 5) is 43.6. The molecule has 0 unspecified atom stereocenters. The third kappa shape index (κ3) is 3.82. The monoisotopic (exact) mass is 427 g/mol. The van der Waals surface area contributed by atoms with Crippen LogP contribution in [0.15, 0.2) is 35.1 Å². The molecule has 1 aliphatic heterocycles. The molecular formula is C23H26ClN3O3. The summed E-state index contributed by atoms with van der Waals surface area (Å²) in [5, 5.41) is 0.557. The van der Waals surface area contributed by atoms with E-state index in [1.54, 1.807) is 29.2 Å². The number of ketones is 1. The lowest BCUT2D eigenvalue weighted by Gasteiger charge is -2.34. The summed E-state index contributed by atoms with van der Waals surface area (Å²) >= 11 is 6.04. The number of benzene rings is 1. The number of aromatic nitrogens is 1. The number of hydrogen-bond donors (Lipinski definition) is 0. The molecule has 1 aromatic carbocycles. The Hall–Kier alpha value is -2.44. The maximum atomic E-state index is 13.6. The van der Waals surface area contributed by atoms with E-state index in [-0.39, 0.29) is 28.2 Å². The van der Waals surface area contributed by atoms with Crippen LogP contribution in [-0.2, 0) is 6.42 Å². The van der Waals surface area contributed by atoms with Gasteiger partial charge in [-0.15, -0.1) is 0 Å². The number of fused-ring (bicyclic) bond motifs is 1. The van der Waals surface area contributed by atoms with Crippen molar-refractivity contribution in [3.8, 4) is 5.69 Å². The molecule has 1 aromatic heterocycles. The van der Waals surface area contributed by atoms with Crippen molar-refractivity contribution in [3.05, 3.63) is 62.5 Å². The molecule has 158 valence electrons. The van der Waals surface area contributed by atoms with E-state index in [1.807, 2.05) is 20.9 Å². The van der Waals surface area contributed by atoms with Crippen LogP contribution in [0.5, 0.6) is 0 Å². The van der Waals surface area contributed by atoms with Crippen molar-refractivity contribution in [2.24, 2.45) is 5.41 Å². The van der Waals surface area contributed by atoms with E-state index < -0.39 is 0 Å². The van der Waals surface area contributed by atoms with Crippen molar-refractivity contribution in [3.63, 3.8) is 0 Å². The number of pyridine rings is 1. The molecule has 0 N–H and O–H groups in total. The fourth-order valence-electron chi connectivity index (χ4n) is 4.31. The molecule has 2 aliphatic rings. The lowest BCUT2D eigenvalue weighted by atomic mass is 9.75. The largest absolute Gasteiger partial charge is 0.336 e. The van der Waals surface area contributed by atoms with Crippen molar-refractivity contribution >= 4 is 23.3 Å². The third-order valence-corrected chi connectivity index (χ3v) is 6.25.